The van der Waals surface area contributed by atoms with Crippen molar-refractivity contribution in [2.24, 2.45) is 11.7 Å². The first-order valence-corrected chi connectivity index (χ1v) is 8.53. The predicted octanol–water partition coefficient (Wildman–Crippen LogP) is 3.73. The van der Waals surface area contributed by atoms with Gasteiger partial charge in [0.15, 0.2) is 0 Å². The molecule has 0 spiro atoms. The molecule has 2 heteroatoms. The zero-order valence-electron chi connectivity index (χ0n) is 13.1. The highest BCUT2D eigenvalue weighted by molar-refractivity contribution is 5.54. The van der Waals surface area contributed by atoms with E-state index >= 15 is 0 Å². The van der Waals surface area contributed by atoms with Crippen molar-refractivity contribution < 1.29 is 0 Å². The largest absolute Gasteiger partial charge is 0.328 e. The number of nitrogens with one attached hydrogen (secondary N) is 1. The minimum atomic E-state index is 0.447. The number of nitrogens with two attached hydrogens (primary N) is 1. The summed E-state index contributed by atoms with van der Waals surface area (Å²) in [7, 11) is 0. The number of rotatable bonds is 5. The molecule has 3 N–H and O–H groups in total. The van der Waals surface area contributed by atoms with E-state index in [0.29, 0.717) is 18.1 Å². The van der Waals surface area contributed by atoms with Crippen LogP contribution in [0, 0.1) is 5.92 Å². The summed E-state index contributed by atoms with van der Waals surface area (Å²) in [4.78, 5) is 0. The Balaban J connectivity index is 1.54. The first-order valence-electron chi connectivity index (χ1n) is 8.53. The van der Waals surface area contributed by atoms with Gasteiger partial charge in [-0.05, 0) is 50.0 Å². The molecule has 2 aliphatic rings. The fraction of sp³-hybridized carbons (Fsp3) is 0.579. The van der Waals surface area contributed by atoms with Gasteiger partial charge < -0.3 is 11.1 Å². The van der Waals surface area contributed by atoms with Crippen LogP contribution in [0.2, 0.25) is 0 Å². The van der Waals surface area contributed by atoms with Crippen LogP contribution in [-0.2, 0) is 0 Å². The van der Waals surface area contributed by atoms with Gasteiger partial charge in [-0.2, -0.15) is 0 Å². The molecule has 2 nitrogen and oxygen atoms in total. The third kappa shape index (κ3) is 3.96. The summed E-state index contributed by atoms with van der Waals surface area (Å²) in [6.45, 7) is 2.28. The molecule has 114 valence electrons. The molecule has 2 atom stereocenters. The Labute approximate surface area is 128 Å². The molecular weight excluding hydrogens is 256 g/mol. The lowest BCUT2D eigenvalue weighted by atomic mass is 9.91. The highest BCUT2D eigenvalue weighted by atomic mass is 15.0. The van der Waals surface area contributed by atoms with E-state index in [4.69, 9.17) is 5.73 Å². The van der Waals surface area contributed by atoms with E-state index in [1.807, 2.05) is 0 Å². The molecule has 1 aromatic carbocycles. The Morgan fingerprint density at radius 1 is 1.19 bits per heavy atom. The van der Waals surface area contributed by atoms with Crippen molar-refractivity contribution in [2.75, 3.05) is 0 Å². The van der Waals surface area contributed by atoms with E-state index < -0.39 is 0 Å². The molecule has 2 fully saturated rings. The molecule has 0 heterocycles. The Bertz CT molecular complexity index is 472. The normalized spacial score (nSPS) is 33.0. The van der Waals surface area contributed by atoms with Gasteiger partial charge in [-0.15, -0.1) is 0 Å². The SMILES string of the molecule is CCC(=Cc1ccccc1)C1C[C@@H]1NC1CCC(N)CC1. The van der Waals surface area contributed by atoms with Crippen molar-refractivity contribution in [2.45, 2.75) is 63.6 Å². The Hall–Kier alpha value is -1.12. The third-order valence-electron chi connectivity index (χ3n) is 5.05. The molecular formula is C19H28N2. The fourth-order valence-corrected chi connectivity index (χ4v) is 3.61. The van der Waals surface area contributed by atoms with E-state index in [-0.39, 0.29) is 0 Å². The van der Waals surface area contributed by atoms with Crippen LogP contribution in [0.3, 0.4) is 0 Å². The summed E-state index contributed by atoms with van der Waals surface area (Å²) >= 11 is 0. The summed E-state index contributed by atoms with van der Waals surface area (Å²) in [5, 5.41) is 3.87. The van der Waals surface area contributed by atoms with Crippen molar-refractivity contribution in [3.63, 3.8) is 0 Å². The van der Waals surface area contributed by atoms with Crippen molar-refractivity contribution in [3.8, 4) is 0 Å². The van der Waals surface area contributed by atoms with Gasteiger partial charge in [0.1, 0.15) is 0 Å². The standard InChI is InChI=1S/C19H28N2/c1-2-15(12-14-6-4-3-5-7-14)18-13-19(18)21-17-10-8-16(20)9-11-17/h3-7,12,16-19,21H,2,8-11,13,20H2,1H3/t16?,17?,18?,19-/m0/s1. The molecule has 2 saturated carbocycles. The average molecular weight is 284 g/mol. The number of benzene rings is 1. The van der Waals surface area contributed by atoms with Crippen LogP contribution in [0.25, 0.3) is 6.08 Å². The topological polar surface area (TPSA) is 38.0 Å². The second-order valence-corrected chi connectivity index (χ2v) is 6.71. The van der Waals surface area contributed by atoms with Gasteiger partial charge in [0.25, 0.3) is 0 Å². The van der Waals surface area contributed by atoms with Crippen LogP contribution in [0.1, 0.15) is 51.0 Å². The van der Waals surface area contributed by atoms with E-state index in [9.17, 15) is 0 Å². The Morgan fingerprint density at radius 3 is 2.57 bits per heavy atom. The summed E-state index contributed by atoms with van der Waals surface area (Å²) in [5.74, 6) is 0.755. The van der Waals surface area contributed by atoms with Gasteiger partial charge >= 0.3 is 0 Å². The summed E-state index contributed by atoms with van der Waals surface area (Å²) in [6, 6.07) is 12.6. The zero-order chi connectivity index (χ0) is 14.7. The maximum absolute atomic E-state index is 5.99. The fourth-order valence-electron chi connectivity index (χ4n) is 3.61. The predicted molar refractivity (Wildman–Crippen MR) is 90.0 cm³/mol. The molecule has 0 saturated heterocycles. The molecule has 21 heavy (non-hydrogen) atoms. The molecule has 0 aliphatic heterocycles. The number of hydrogen-bond acceptors (Lipinski definition) is 2. The maximum atomic E-state index is 5.99. The molecule has 0 aromatic heterocycles. The molecule has 3 rings (SSSR count). The van der Waals surface area contributed by atoms with Crippen molar-refractivity contribution in [1.82, 2.24) is 5.32 Å². The minimum Gasteiger partial charge on any atom is -0.328 e. The van der Waals surface area contributed by atoms with Gasteiger partial charge in [-0.3, -0.25) is 0 Å². The highest BCUT2D eigenvalue weighted by Crippen LogP contribution is 2.40. The molecule has 0 amide bonds. The van der Waals surface area contributed by atoms with Gasteiger partial charge in [-0.1, -0.05) is 48.9 Å². The molecule has 0 radical (unpaired) electrons. The molecule has 1 aromatic rings. The molecule has 0 bridgehead atoms. The summed E-state index contributed by atoms with van der Waals surface area (Å²) in [6.07, 6.45) is 9.76. The van der Waals surface area contributed by atoms with Crippen LogP contribution in [-0.4, -0.2) is 18.1 Å². The first-order chi connectivity index (χ1) is 10.3. The van der Waals surface area contributed by atoms with E-state index in [0.717, 1.165) is 12.3 Å². The van der Waals surface area contributed by atoms with Crippen molar-refractivity contribution >= 4 is 6.08 Å². The smallest absolute Gasteiger partial charge is 0.0142 e. The maximum Gasteiger partial charge on any atom is 0.0142 e. The van der Waals surface area contributed by atoms with Crippen LogP contribution in [0.15, 0.2) is 35.9 Å². The average Bonchev–Trinajstić information content (AvgIpc) is 3.27. The molecule has 1 unspecified atom stereocenters. The Kier molecular flexibility index (Phi) is 4.77. The van der Waals surface area contributed by atoms with Gasteiger partial charge in [0, 0.05) is 18.1 Å². The van der Waals surface area contributed by atoms with Crippen LogP contribution < -0.4 is 11.1 Å². The van der Waals surface area contributed by atoms with E-state index in [1.54, 1.807) is 5.57 Å². The summed E-state index contributed by atoms with van der Waals surface area (Å²) < 4.78 is 0. The monoisotopic (exact) mass is 284 g/mol. The highest BCUT2D eigenvalue weighted by Gasteiger charge is 2.40. The van der Waals surface area contributed by atoms with Gasteiger partial charge in [-0.25, -0.2) is 0 Å². The first kappa shape index (κ1) is 14.8. The Morgan fingerprint density at radius 2 is 1.90 bits per heavy atom. The third-order valence-corrected chi connectivity index (χ3v) is 5.05. The van der Waals surface area contributed by atoms with Crippen LogP contribution in [0.4, 0.5) is 0 Å². The van der Waals surface area contributed by atoms with E-state index in [2.05, 4.69) is 48.6 Å². The quantitative estimate of drug-likeness (QED) is 0.864. The van der Waals surface area contributed by atoms with Crippen LogP contribution >= 0.6 is 0 Å². The lowest BCUT2D eigenvalue weighted by molar-refractivity contribution is 0.338. The summed E-state index contributed by atoms with van der Waals surface area (Å²) in [5.41, 5.74) is 8.93. The van der Waals surface area contributed by atoms with Crippen molar-refractivity contribution in [1.29, 1.82) is 0 Å². The number of hydrogen-bond donors (Lipinski definition) is 2. The van der Waals surface area contributed by atoms with Gasteiger partial charge in [0.2, 0.25) is 0 Å². The zero-order valence-corrected chi connectivity index (χ0v) is 13.1. The van der Waals surface area contributed by atoms with Crippen molar-refractivity contribution in [3.05, 3.63) is 41.5 Å². The second kappa shape index (κ2) is 6.76. The second-order valence-electron chi connectivity index (χ2n) is 6.71. The van der Waals surface area contributed by atoms with Gasteiger partial charge in [0.05, 0.1) is 0 Å². The van der Waals surface area contributed by atoms with Crippen LogP contribution in [0.5, 0.6) is 0 Å². The minimum absolute atomic E-state index is 0.447. The lowest BCUT2D eigenvalue weighted by Crippen LogP contribution is -2.38. The lowest BCUT2D eigenvalue weighted by Gasteiger charge is -2.27. The van der Waals surface area contributed by atoms with E-state index in [1.165, 1.54) is 37.7 Å². The molecule has 2 aliphatic carbocycles.